The van der Waals surface area contributed by atoms with E-state index in [9.17, 15) is 15.0 Å². The van der Waals surface area contributed by atoms with Gasteiger partial charge >= 0.3 is 0 Å². The van der Waals surface area contributed by atoms with Crippen molar-refractivity contribution in [3.05, 3.63) is 53.6 Å². The Balaban J connectivity index is 1.83. The van der Waals surface area contributed by atoms with Gasteiger partial charge in [0, 0.05) is 0 Å². The fraction of sp³-hybridized carbons (Fsp3) is 0.188. The number of ketones is 1. The minimum atomic E-state index is -0.270. The van der Waals surface area contributed by atoms with E-state index >= 15 is 0 Å². The number of phenolic OH excluding ortho intramolecular Hbond substituents is 2. The smallest absolute Gasteiger partial charge is 0.173 e. The average Bonchev–Trinajstić information content (AvgIpc) is 2.46. The summed E-state index contributed by atoms with van der Waals surface area (Å²) in [6.45, 7) is 0.331. The van der Waals surface area contributed by atoms with Gasteiger partial charge in [-0.05, 0) is 36.2 Å². The van der Waals surface area contributed by atoms with Gasteiger partial charge < -0.3 is 14.9 Å². The Morgan fingerprint density at radius 2 is 1.90 bits per heavy atom. The molecule has 0 saturated carbocycles. The van der Waals surface area contributed by atoms with E-state index in [4.69, 9.17) is 4.74 Å². The van der Waals surface area contributed by atoms with Crippen LogP contribution in [0.1, 0.15) is 15.9 Å². The number of phenols is 2. The number of fused-ring (bicyclic) bond motifs is 1. The molecule has 2 N–H and O–H groups in total. The molecule has 4 nitrogen and oxygen atoms in total. The van der Waals surface area contributed by atoms with E-state index in [0.717, 1.165) is 5.56 Å². The van der Waals surface area contributed by atoms with Crippen LogP contribution < -0.4 is 4.74 Å². The summed E-state index contributed by atoms with van der Waals surface area (Å²) in [5.41, 5.74) is 1.40. The molecule has 102 valence electrons. The molecule has 0 aromatic heterocycles. The minimum absolute atomic E-state index is 0.0550. The second-order valence-electron chi connectivity index (χ2n) is 4.90. The third-order valence-corrected chi connectivity index (χ3v) is 3.49. The number of rotatable bonds is 2. The lowest BCUT2D eigenvalue weighted by Crippen LogP contribution is -2.29. The molecule has 2 aromatic carbocycles. The number of hydrogen-bond donors (Lipinski definition) is 2. The monoisotopic (exact) mass is 270 g/mol. The summed E-state index contributed by atoms with van der Waals surface area (Å²) in [4.78, 5) is 12.4. The summed E-state index contributed by atoms with van der Waals surface area (Å²) < 4.78 is 5.60. The fourth-order valence-corrected chi connectivity index (χ4v) is 2.41. The zero-order valence-corrected chi connectivity index (χ0v) is 10.7. The van der Waals surface area contributed by atoms with E-state index in [2.05, 4.69) is 0 Å². The molecule has 1 aliphatic rings. The average molecular weight is 270 g/mol. The zero-order valence-electron chi connectivity index (χ0n) is 10.7. The molecule has 0 fully saturated rings. The van der Waals surface area contributed by atoms with Gasteiger partial charge in [0.15, 0.2) is 17.3 Å². The van der Waals surface area contributed by atoms with Gasteiger partial charge in [-0.15, -0.1) is 0 Å². The van der Waals surface area contributed by atoms with Gasteiger partial charge in [-0.25, -0.2) is 0 Å². The summed E-state index contributed by atoms with van der Waals surface area (Å²) in [7, 11) is 0. The maximum atomic E-state index is 12.4. The third kappa shape index (κ3) is 2.20. The molecule has 20 heavy (non-hydrogen) atoms. The Morgan fingerprint density at radius 1 is 1.10 bits per heavy atom. The maximum absolute atomic E-state index is 12.4. The van der Waals surface area contributed by atoms with E-state index in [1.54, 1.807) is 18.2 Å². The highest BCUT2D eigenvalue weighted by atomic mass is 16.5. The SMILES string of the molecule is O=C1c2ccccc2OCC1Cc1ccc(O)c(O)c1. The second-order valence-corrected chi connectivity index (χ2v) is 4.90. The Morgan fingerprint density at radius 3 is 2.70 bits per heavy atom. The third-order valence-electron chi connectivity index (χ3n) is 3.49. The van der Waals surface area contributed by atoms with Gasteiger partial charge in [0.25, 0.3) is 0 Å². The Labute approximate surface area is 116 Å². The van der Waals surface area contributed by atoms with Crippen LogP contribution in [0, 0.1) is 5.92 Å². The molecule has 0 radical (unpaired) electrons. The summed E-state index contributed by atoms with van der Waals surface area (Å²) >= 11 is 0. The molecule has 0 amide bonds. The number of carbonyl (C=O) groups is 1. The molecule has 1 atom stereocenters. The second kappa shape index (κ2) is 4.89. The van der Waals surface area contributed by atoms with Gasteiger partial charge in [-0.3, -0.25) is 4.79 Å². The van der Waals surface area contributed by atoms with Crippen LogP contribution in [0.15, 0.2) is 42.5 Å². The van der Waals surface area contributed by atoms with Gasteiger partial charge in [0.2, 0.25) is 0 Å². The number of aromatic hydroxyl groups is 2. The highest BCUT2D eigenvalue weighted by Crippen LogP contribution is 2.30. The first-order valence-electron chi connectivity index (χ1n) is 6.42. The number of benzene rings is 2. The van der Waals surface area contributed by atoms with Crippen LogP contribution in [-0.2, 0) is 6.42 Å². The van der Waals surface area contributed by atoms with Crippen molar-refractivity contribution >= 4 is 5.78 Å². The molecule has 1 heterocycles. The van der Waals surface area contributed by atoms with E-state index in [1.165, 1.54) is 12.1 Å². The predicted octanol–water partition coefficient (Wildman–Crippen LogP) is 2.53. The lowest BCUT2D eigenvalue weighted by molar-refractivity contribution is 0.0830. The van der Waals surface area contributed by atoms with Crippen molar-refractivity contribution in [1.29, 1.82) is 0 Å². The number of carbonyl (C=O) groups excluding carboxylic acids is 1. The van der Waals surface area contributed by atoms with Crippen molar-refractivity contribution in [2.45, 2.75) is 6.42 Å². The van der Waals surface area contributed by atoms with Gasteiger partial charge in [0.05, 0.1) is 18.1 Å². The van der Waals surface area contributed by atoms with E-state index < -0.39 is 0 Å². The molecule has 3 rings (SSSR count). The van der Waals surface area contributed by atoms with Gasteiger partial charge in [-0.2, -0.15) is 0 Å². The lowest BCUT2D eigenvalue weighted by atomic mass is 9.89. The first-order chi connectivity index (χ1) is 9.65. The Bertz CT molecular complexity index is 663. The molecule has 1 aliphatic heterocycles. The Hall–Kier alpha value is -2.49. The van der Waals surface area contributed by atoms with Gasteiger partial charge in [-0.1, -0.05) is 18.2 Å². The van der Waals surface area contributed by atoms with Crippen LogP contribution in [0.25, 0.3) is 0 Å². The summed E-state index contributed by atoms with van der Waals surface area (Å²) in [6.07, 6.45) is 0.473. The predicted molar refractivity (Wildman–Crippen MR) is 73.2 cm³/mol. The number of hydrogen-bond acceptors (Lipinski definition) is 4. The van der Waals surface area contributed by atoms with E-state index in [0.29, 0.717) is 24.3 Å². The van der Waals surface area contributed by atoms with Crippen LogP contribution in [0.4, 0.5) is 0 Å². The molecule has 0 saturated heterocycles. The van der Waals surface area contributed by atoms with Crippen molar-refractivity contribution in [2.75, 3.05) is 6.61 Å². The van der Waals surface area contributed by atoms with Crippen molar-refractivity contribution in [3.63, 3.8) is 0 Å². The first kappa shape index (κ1) is 12.5. The molecule has 0 bridgehead atoms. The summed E-state index contributed by atoms with van der Waals surface area (Å²) in [5.74, 6) is 0.0768. The van der Waals surface area contributed by atoms with Crippen molar-refractivity contribution < 1.29 is 19.7 Å². The first-order valence-corrected chi connectivity index (χ1v) is 6.42. The molecule has 0 aliphatic carbocycles. The molecule has 1 unspecified atom stereocenters. The van der Waals surface area contributed by atoms with Crippen molar-refractivity contribution in [2.24, 2.45) is 5.92 Å². The standard InChI is InChI=1S/C16H14O4/c17-13-6-5-10(8-14(13)18)7-11-9-20-15-4-2-1-3-12(15)16(11)19/h1-6,8,11,17-18H,7,9H2. The van der Waals surface area contributed by atoms with E-state index in [1.807, 2.05) is 12.1 Å². The Kier molecular flexibility index (Phi) is 3.06. The summed E-state index contributed by atoms with van der Waals surface area (Å²) in [6, 6.07) is 11.8. The van der Waals surface area contributed by atoms with E-state index in [-0.39, 0.29) is 23.2 Å². The normalized spacial score (nSPS) is 17.4. The molecule has 2 aromatic rings. The maximum Gasteiger partial charge on any atom is 0.173 e. The van der Waals surface area contributed by atoms with Gasteiger partial charge in [0.1, 0.15) is 5.75 Å². The number of ether oxygens (including phenoxy) is 1. The fourth-order valence-electron chi connectivity index (χ4n) is 2.41. The highest BCUT2D eigenvalue weighted by Gasteiger charge is 2.28. The number of Topliss-reactive ketones (excluding diaryl/α,β-unsaturated/α-hetero) is 1. The topological polar surface area (TPSA) is 66.8 Å². The van der Waals surface area contributed by atoms with Crippen LogP contribution in [-0.4, -0.2) is 22.6 Å². The number of para-hydroxylation sites is 1. The molecular weight excluding hydrogens is 256 g/mol. The molecular formula is C16H14O4. The summed E-state index contributed by atoms with van der Waals surface area (Å²) in [5, 5.41) is 18.8. The van der Waals surface area contributed by atoms with Crippen LogP contribution in [0.3, 0.4) is 0 Å². The van der Waals surface area contributed by atoms with Crippen molar-refractivity contribution in [3.8, 4) is 17.2 Å². The van der Waals surface area contributed by atoms with Crippen LogP contribution >= 0.6 is 0 Å². The minimum Gasteiger partial charge on any atom is -0.504 e. The zero-order chi connectivity index (χ0) is 14.1. The highest BCUT2D eigenvalue weighted by molar-refractivity contribution is 6.01. The molecule has 0 spiro atoms. The quantitative estimate of drug-likeness (QED) is 0.823. The van der Waals surface area contributed by atoms with Crippen LogP contribution in [0.2, 0.25) is 0 Å². The van der Waals surface area contributed by atoms with Crippen molar-refractivity contribution in [1.82, 2.24) is 0 Å². The lowest BCUT2D eigenvalue weighted by Gasteiger charge is -2.24. The van der Waals surface area contributed by atoms with Crippen LogP contribution in [0.5, 0.6) is 17.2 Å². The largest absolute Gasteiger partial charge is 0.504 e. The molecule has 4 heteroatoms.